The molecule has 9 nitrogen and oxygen atoms in total. The number of aromatic nitrogens is 2. The molecule has 2 heterocycles. The smallest absolute Gasteiger partial charge is 0.330 e. The topological polar surface area (TPSA) is 131 Å². The molecule has 1 aliphatic rings. The van der Waals surface area contributed by atoms with E-state index in [1.807, 2.05) is 4.98 Å². The van der Waals surface area contributed by atoms with Crippen LogP contribution < -0.4 is 11.2 Å². The summed E-state index contributed by atoms with van der Waals surface area (Å²) in [5.74, 6) is -0.722. The average Bonchev–Trinajstić information content (AvgIpc) is 2.76. The average molecular weight is 298 g/mol. The van der Waals surface area contributed by atoms with Crippen molar-refractivity contribution < 1.29 is 24.5 Å². The Kier molecular flexibility index (Phi) is 4.36. The van der Waals surface area contributed by atoms with Gasteiger partial charge in [0.25, 0.3) is 5.56 Å². The molecule has 0 amide bonds. The van der Waals surface area contributed by atoms with Gasteiger partial charge in [-0.1, -0.05) is 0 Å². The molecule has 1 aliphatic heterocycles. The summed E-state index contributed by atoms with van der Waals surface area (Å²) in [6, 6.07) is 1.09. The second kappa shape index (κ2) is 6.04. The molecule has 9 heteroatoms. The molecule has 0 aromatic carbocycles. The number of methoxy groups -OCH3 is 1. The van der Waals surface area contributed by atoms with Gasteiger partial charge in [-0.3, -0.25) is 14.3 Å². The third-order valence-corrected chi connectivity index (χ3v) is 3.06. The van der Waals surface area contributed by atoms with Crippen LogP contribution in [0.4, 0.5) is 0 Å². The lowest BCUT2D eigenvalue weighted by Gasteiger charge is -2.16. The molecule has 1 aromatic rings. The van der Waals surface area contributed by atoms with Crippen LogP contribution >= 0.6 is 0 Å². The standard InChI is InChI=1S/C12H14N2O7/c1-20-9(17)4-6-7(5-15)21-11(10(6)18)14-3-2-8(16)13-12(14)19/h2-4,7,10-11,15,18H,5H2,1H3,(H,13,16,19)/b6-4+/t7-,10-,11-/m1/s1. The van der Waals surface area contributed by atoms with Gasteiger partial charge >= 0.3 is 11.7 Å². The van der Waals surface area contributed by atoms with Gasteiger partial charge in [0, 0.05) is 23.9 Å². The number of hydrogen-bond donors (Lipinski definition) is 3. The molecule has 114 valence electrons. The van der Waals surface area contributed by atoms with Crippen molar-refractivity contribution in [2.24, 2.45) is 0 Å². The van der Waals surface area contributed by atoms with Crippen LogP contribution in [0.15, 0.2) is 33.5 Å². The zero-order chi connectivity index (χ0) is 15.6. The van der Waals surface area contributed by atoms with Gasteiger partial charge in [0.15, 0.2) is 6.23 Å². The number of hydrogen-bond acceptors (Lipinski definition) is 7. The Labute approximate surface area is 118 Å². The van der Waals surface area contributed by atoms with Crippen LogP contribution in [0.2, 0.25) is 0 Å². The lowest BCUT2D eigenvalue weighted by atomic mass is 10.1. The fourth-order valence-corrected chi connectivity index (χ4v) is 2.04. The van der Waals surface area contributed by atoms with E-state index >= 15 is 0 Å². The number of carbonyl (C=O) groups excluding carboxylic acids is 1. The van der Waals surface area contributed by atoms with E-state index in [-0.39, 0.29) is 5.57 Å². The van der Waals surface area contributed by atoms with E-state index in [0.717, 1.165) is 22.9 Å². The minimum Gasteiger partial charge on any atom is -0.466 e. The molecule has 3 atom stereocenters. The lowest BCUT2D eigenvalue weighted by molar-refractivity contribution is -0.135. The third-order valence-electron chi connectivity index (χ3n) is 3.06. The van der Waals surface area contributed by atoms with E-state index < -0.39 is 42.3 Å². The fraction of sp³-hybridized carbons (Fsp3) is 0.417. The van der Waals surface area contributed by atoms with Gasteiger partial charge < -0.3 is 19.7 Å². The first-order valence-electron chi connectivity index (χ1n) is 6.03. The maximum Gasteiger partial charge on any atom is 0.330 e. The van der Waals surface area contributed by atoms with Crippen LogP contribution in [0.3, 0.4) is 0 Å². The third kappa shape index (κ3) is 2.94. The van der Waals surface area contributed by atoms with E-state index in [1.54, 1.807) is 0 Å². The summed E-state index contributed by atoms with van der Waals surface area (Å²) in [4.78, 5) is 36.0. The molecule has 1 aromatic heterocycles. The number of ether oxygens (including phenoxy) is 2. The van der Waals surface area contributed by atoms with E-state index in [2.05, 4.69) is 4.74 Å². The molecule has 0 spiro atoms. The maximum atomic E-state index is 11.7. The Morgan fingerprint density at radius 3 is 2.86 bits per heavy atom. The Hall–Kier alpha value is -2.23. The van der Waals surface area contributed by atoms with Crippen molar-refractivity contribution in [3.05, 3.63) is 44.8 Å². The minimum atomic E-state index is -1.34. The predicted molar refractivity (Wildman–Crippen MR) is 68.4 cm³/mol. The molecule has 0 aliphatic carbocycles. The van der Waals surface area contributed by atoms with Gasteiger partial charge in [0.2, 0.25) is 0 Å². The quantitative estimate of drug-likeness (QED) is 0.430. The molecule has 0 bridgehead atoms. The first-order chi connectivity index (χ1) is 9.97. The zero-order valence-electron chi connectivity index (χ0n) is 11.1. The number of aliphatic hydroxyl groups is 2. The zero-order valence-corrected chi connectivity index (χ0v) is 11.1. The van der Waals surface area contributed by atoms with Crippen molar-refractivity contribution in [3.63, 3.8) is 0 Å². The van der Waals surface area contributed by atoms with Crippen LogP contribution in [0.5, 0.6) is 0 Å². The Balaban J connectivity index is 2.40. The van der Waals surface area contributed by atoms with Crippen LogP contribution in [0.1, 0.15) is 6.23 Å². The number of rotatable bonds is 3. The van der Waals surface area contributed by atoms with Gasteiger partial charge in [0.05, 0.1) is 13.7 Å². The SMILES string of the molecule is COC(=O)/C=C1/[C@@H](O)[C@H](n2ccc(=O)[nH]c2=O)O[C@@H]1CO. The highest BCUT2D eigenvalue weighted by molar-refractivity contribution is 5.83. The van der Waals surface area contributed by atoms with Gasteiger partial charge in [0.1, 0.15) is 12.2 Å². The van der Waals surface area contributed by atoms with Crippen molar-refractivity contribution in [1.29, 1.82) is 0 Å². The Morgan fingerprint density at radius 2 is 2.29 bits per heavy atom. The summed E-state index contributed by atoms with van der Waals surface area (Å²) in [6.07, 6.45) is -1.30. The number of aromatic amines is 1. The van der Waals surface area contributed by atoms with Crippen LogP contribution in [0.25, 0.3) is 0 Å². The van der Waals surface area contributed by atoms with Crippen LogP contribution in [-0.2, 0) is 14.3 Å². The number of esters is 1. The minimum absolute atomic E-state index is 0.0902. The highest BCUT2D eigenvalue weighted by atomic mass is 16.5. The normalized spacial score (nSPS) is 27.0. The molecule has 1 fully saturated rings. The summed E-state index contributed by atoms with van der Waals surface area (Å²) in [5, 5.41) is 19.4. The van der Waals surface area contributed by atoms with E-state index in [1.165, 1.54) is 7.11 Å². The Bertz CT molecular complexity index is 675. The van der Waals surface area contributed by atoms with E-state index in [4.69, 9.17) is 4.74 Å². The second-order valence-corrected chi connectivity index (χ2v) is 4.33. The molecule has 1 saturated heterocycles. The molecule has 3 N–H and O–H groups in total. The Morgan fingerprint density at radius 1 is 1.57 bits per heavy atom. The summed E-state index contributed by atoms with van der Waals surface area (Å²) < 4.78 is 10.8. The van der Waals surface area contributed by atoms with Crippen molar-refractivity contribution in [1.82, 2.24) is 9.55 Å². The summed E-state index contributed by atoms with van der Waals surface area (Å²) in [6.45, 7) is -0.492. The summed E-state index contributed by atoms with van der Waals surface area (Å²) in [5.41, 5.74) is -1.28. The van der Waals surface area contributed by atoms with Gasteiger partial charge in [-0.25, -0.2) is 9.59 Å². The molecule has 0 saturated carbocycles. The largest absolute Gasteiger partial charge is 0.466 e. The van der Waals surface area contributed by atoms with E-state index in [0.29, 0.717) is 0 Å². The highest BCUT2D eigenvalue weighted by Crippen LogP contribution is 2.32. The fourth-order valence-electron chi connectivity index (χ4n) is 2.04. The van der Waals surface area contributed by atoms with Crippen LogP contribution in [-0.4, -0.2) is 51.7 Å². The summed E-state index contributed by atoms with van der Waals surface area (Å²) in [7, 11) is 1.17. The predicted octanol–water partition coefficient (Wildman–Crippen LogP) is -2.11. The number of aliphatic hydroxyl groups excluding tert-OH is 2. The summed E-state index contributed by atoms with van der Waals surface area (Å²) >= 11 is 0. The van der Waals surface area contributed by atoms with Gasteiger partial charge in [-0.2, -0.15) is 0 Å². The first-order valence-corrected chi connectivity index (χ1v) is 6.03. The maximum absolute atomic E-state index is 11.7. The van der Waals surface area contributed by atoms with Crippen molar-refractivity contribution in [3.8, 4) is 0 Å². The monoisotopic (exact) mass is 298 g/mol. The highest BCUT2D eigenvalue weighted by Gasteiger charge is 2.40. The molecule has 0 unspecified atom stereocenters. The first kappa shape index (κ1) is 15.2. The number of H-pyrrole nitrogens is 1. The molecular formula is C12H14N2O7. The van der Waals surface area contributed by atoms with Crippen molar-refractivity contribution >= 4 is 5.97 Å². The van der Waals surface area contributed by atoms with Gasteiger partial charge in [-0.05, 0) is 0 Å². The van der Waals surface area contributed by atoms with E-state index in [9.17, 15) is 24.6 Å². The number of carbonyl (C=O) groups is 1. The van der Waals surface area contributed by atoms with Gasteiger partial charge in [-0.15, -0.1) is 0 Å². The van der Waals surface area contributed by atoms with Crippen molar-refractivity contribution in [2.75, 3.05) is 13.7 Å². The molecule has 2 rings (SSSR count). The second-order valence-electron chi connectivity index (χ2n) is 4.33. The number of nitrogens with zero attached hydrogens (tertiary/aromatic N) is 1. The molecule has 21 heavy (non-hydrogen) atoms. The van der Waals surface area contributed by atoms with Crippen LogP contribution in [0, 0.1) is 0 Å². The molecule has 0 radical (unpaired) electrons. The number of nitrogens with one attached hydrogen (secondary N) is 1. The molecular weight excluding hydrogens is 284 g/mol. The van der Waals surface area contributed by atoms with Crippen molar-refractivity contribution in [2.45, 2.75) is 18.4 Å². The lowest BCUT2D eigenvalue weighted by Crippen LogP contribution is -2.35.